The van der Waals surface area contributed by atoms with Crippen LogP contribution in [-0.2, 0) is 19.5 Å². The number of rotatable bonds is 7. The Labute approximate surface area is 134 Å². The quantitative estimate of drug-likeness (QED) is 0.785. The second-order valence-electron chi connectivity index (χ2n) is 6.21. The third-order valence-corrected chi connectivity index (χ3v) is 4.39. The van der Waals surface area contributed by atoms with Crippen molar-refractivity contribution in [2.45, 2.75) is 32.4 Å². The summed E-state index contributed by atoms with van der Waals surface area (Å²) in [6.45, 7) is 5.63. The first-order chi connectivity index (χ1) is 10.9. The van der Waals surface area contributed by atoms with Gasteiger partial charge in [0.2, 0.25) is 0 Å². The molecule has 1 N–H and O–H groups in total. The van der Waals surface area contributed by atoms with Gasteiger partial charge in [-0.1, -0.05) is 54.6 Å². The molecule has 0 atom stereocenters. The summed E-state index contributed by atoms with van der Waals surface area (Å²) < 4.78 is 0. The van der Waals surface area contributed by atoms with E-state index in [0.717, 1.165) is 26.1 Å². The molecule has 1 saturated heterocycles. The molecule has 0 aromatic heterocycles. The monoisotopic (exact) mass is 294 g/mol. The molecule has 1 fully saturated rings. The van der Waals surface area contributed by atoms with Crippen LogP contribution in [-0.4, -0.2) is 24.5 Å². The van der Waals surface area contributed by atoms with Crippen molar-refractivity contribution < 1.29 is 0 Å². The summed E-state index contributed by atoms with van der Waals surface area (Å²) in [6.07, 6.45) is 3.82. The standard InChI is InChI=1S/C20H26N2/c1-2-6-18(7-3-1)12-13-21-16-19-8-10-20(11-9-19)17-22-14-4-5-15-22/h1-3,6-11,21H,4-5,12-17H2. The normalized spacial score (nSPS) is 15.3. The molecule has 22 heavy (non-hydrogen) atoms. The smallest absolute Gasteiger partial charge is 0.0233 e. The van der Waals surface area contributed by atoms with Gasteiger partial charge in [0.15, 0.2) is 0 Å². The summed E-state index contributed by atoms with van der Waals surface area (Å²) >= 11 is 0. The van der Waals surface area contributed by atoms with Crippen molar-refractivity contribution in [2.75, 3.05) is 19.6 Å². The van der Waals surface area contributed by atoms with E-state index in [1.807, 2.05) is 0 Å². The molecule has 0 saturated carbocycles. The fourth-order valence-corrected chi connectivity index (χ4v) is 3.07. The second-order valence-corrected chi connectivity index (χ2v) is 6.21. The van der Waals surface area contributed by atoms with Gasteiger partial charge in [0.05, 0.1) is 0 Å². The van der Waals surface area contributed by atoms with Crippen LogP contribution in [0, 0.1) is 0 Å². The highest BCUT2D eigenvalue weighted by molar-refractivity contribution is 5.22. The van der Waals surface area contributed by atoms with Crippen LogP contribution in [0.3, 0.4) is 0 Å². The Hall–Kier alpha value is -1.64. The molecule has 0 bridgehead atoms. The minimum absolute atomic E-state index is 0.955. The predicted octanol–water partition coefficient (Wildman–Crippen LogP) is 3.61. The minimum Gasteiger partial charge on any atom is -0.312 e. The zero-order chi connectivity index (χ0) is 15.0. The number of likely N-dealkylation sites (tertiary alicyclic amines) is 1. The summed E-state index contributed by atoms with van der Waals surface area (Å²) in [5, 5.41) is 3.53. The Kier molecular flexibility index (Phi) is 5.63. The Morgan fingerprint density at radius 1 is 0.773 bits per heavy atom. The molecule has 1 aliphatic rings. The van der Waals surface area contributed by atoms with Gasteiger partial charge in [0.25, 0.3) is 0 Å². The third kappa shape index (κ3) is 4.69. The maximum atomic E-state index is 3.53. The van der Waals surface area contributed by atoms with Gasteiger partial charge in [-0.3, -0.25) is 4.90 Å². The summed E-state index contributed by atoms with van der Waals surface area (Å²) in [4.78, 5) is 2.55. The van der Waals surface area contributed by atoms with Crippen molar-refractivity contribution >= 4 is 0 Å². The van der Waals surface area contributed by atoms with Gasteiger partial charge in [-0.15, -0.1) is 0 Å². The van der Waals surface area contributed by atoms with Gasteiger partial charge in [-0.05, 0) is 55.6 Å². The van der Waals surface area contributed by atoms with E-state index >= 15 is 0 Å². The van der Waals surface area contributed by atoms with Crippen LogP contribution in [0.5, 0.6) is 0 Å². The van der Waals surface area contributed by atoms with Crippen molar-refractivity contribution in [3.05, 3.63) is 71.3 Å². The van der Waals surface area contributed by atoms with Gasteiger partial charge < -0.3 is 5.32 Å². The van der Waals surface area contributed by atoms with E-state index in [1.165, 1.54) is 42.6 Å². The molecule has 0 unspecified atom stereocenters. The molecule has 1 heterocycles. The summed E-state index contributed by atoms with van der Waals surface area (Å²) in [7, 11) is 0. The molecule has 0 aliphatic carbocycles. The van der Waals surface area contributed by atoms with Crippen molar-refractivity contribution in [3.63, 3.8) is 0 Å². The number of hydrogen-bond acceptors (Lipinski definition) is 2. The molecule has 0 spiro atoms. The molecule has 2 aromatic rings. The fraction of sp³-hybridized carbons (Fsp3) is 0.400. The first-order valence-electron chi connectivity index (χ1n) is 8.45. The van der Waals surface area contributed by atoms with Gasteiger partial charge in [0.1, 0.15) is 0 Å². The summed E-state index contributed by atoms with van der Waals surface area (Å²) in [6, 6.07) is 19.8. The molecule has 0 radical (unpaired) electrons. The van der Waals surface area contributed by atoms with Crippen LogP contribution in [0.4, 0.5) is 0 Å². The Balaban J connectivity index is 1.39. The zero-order valence-electron chi connectivity index (χ0n) is 13.3. The fourth-order valence-electron chi connectivity index (χ4n) is 3.07. The molecule has 1 aliphatic heterocycles. The average Bonchev–Trinajstić information content (AvgIpc) is 3.07. The minimum atomic E-state index is 0.955. The molecule has 3 rings (SSSR count). The molecule has 116 valence electrons. The van der Waals surface area contributed by atoms with Crippen LogP contribution in [0.2, 0.25) is 0 Å². The lowest BCUT2D eigenvalue weighted by Crippen LogP contribution is -2.18. The van der Waals surface area contributed by atoms with Gasteiger partial charge in [-0.2, -0.15) is 0 Å². The topological polar surface area (TPSA) is 15.3 Å². The Bertz CT molecular complexity index is 542. The molecule has 0 amide bonds. The van der Waals surface area contributed by atoms with Gasteiger partial charge in [0, 0.05) is 13.1 Å². The van der Waals surface area contributed by atoms with E-state index in [0.29, 0.717) is 0 Å². The molecular weight excluding hydrogens is 268 g/mol. The number of nitrogens with zero attached hydrogens (tertiary/aromatic N) is 1. The number of hydrogen-bond donors (Lipinski definition) is 1. The molecule has 2 nitrogen and oxygen atoms in total. The van der Waals surface area contributed by atoms with Crippen LogP contribution in [0.25, 0.3) is 0 Å². The maximum absolute atomic E-state index is 3.53. The summed E-state index contributed by atoms with van der Waals surface area (Å²) in [5.41, 5.74) is 4.21. The van der Waals surface area contributed by atoms with Crippen molar-refractivity contribution in [2.24, 2.45) is 0 Å². The Morgan fingerprint density at radius 2 is 1.45 bits per heavy atom. The lowest BCUT2D eigenvalue weighted by molar-refractivity contribution is 0.331. The zero-order valence-corrected chi connectivity index (χ0v) is 13.3. The van der Waals surface area contributed by atoms with E-state index in [4.69, 9.17) is 0 Å². The molecular formula is C20H26N2. The SMILES string of the molecule is c1ccc(CCNCc2ccc(CN3CCCC3)cc2)cc1. The van der Waals surface area contributed by atoms with Crippen molar-refractivity contribution in [1.82, 2.24) is 10.2 Å². The molecule has 2 aromatic carbocycles. The van der Waals surface area contributed by atoms with Gasteiger partial charge >= 0.3 is 0 Å². The van der Waals surface area contributed by atoms with E-state index < -0.39 is 0 Å². The number of benzene rings is 2. The van der Waals surface area contributed by atoms with Gasteiger partial charge in [-0.25, -0.2) is 0 Å². The maximum Gasteiger partial charge on any atom is 0.0233 e. The average molecular weight is 294 g/mol. The first-order valence-corrected chi connectivity index (χ1v) is 8.45. The van der Waals surface area contributed by atoms with Crippen LogP contribution < -0.4 is 5.32 Å². The highest BCUT2D eigenvalue weighted by Gasteiger charge is 2.11. The van der Waals surface area contributed by atoms with E-state index in [2.05, 4.69) is 64.8 Å². The first kappa shape index (κ1) is 15.3. The highest BCUT2D eigenvalue weighted by Crippen LogP contribution is 2.13. The predicted molar refractivity (Wildman–Crippen MR) is 92.8 cm³/mol. The molecule has 2 heteroatoms. The van der Waals surface area contributed by atoms with E-state index in [9.17, 15) is 0 Å². The largest absolute Gasteiger partial charge is 0.312 e. The van der Waals surface area contributed by atoms with E-state index in [1.54, 1.807) is 0 Å². The Morgan fingerprint density at radius 3 is 2.18 bits per heavy atom. The lowest BCUT2D eigenvalue weighted by Gasteiger charge is -2.14. The van der Waals surface area contributed by atoms with Crippen molar-refractivity contribution in [3.8, 4) is 0 Å². The van der Waals surface area contributed by atoms with Crippen LogP contribution in [0.1, 0.15) is 29.5 Å². The number of nitrogens with one attached hydrogen (secondary N) is 1. The second kappa shape index (κ2) is 8.11. The van der Waals surface area contributed by atoms with Crippen molar-refractivity contribution in [1.29, 1.82) is 0 Å². The van der Waals surface area contributed by atoms with Crippen LogP contribution >= 0.6 is 0 Å². The van der Waals surface area contributed by atoms with E-state index in [-0.39, 0.29) is 0 Å². The highest BCUT2D eigenvalue weighted by atomic mass is 15.1. The van der Waals surface area contributed by atoms with Crippen LogP contribution in [0.15, 0.2) is 54.6 Å². The lowest BCUT2D eigenvalue weighted by atomic mass is 10.1. The third-order valence-electron chi connectivity index (χ3n) is 4.39. The summed E-state index contributed by atoms with van der Waals surface area (Å²) in [5.74, 6) is 0.